The van der Waals surface area contributed by atoms with Gasteiger partial charge in [0, 0.05) is 10.6 Å². The monoisotopic (exact) mass is 385 g/mol. The topological polar surface area (TPSA) is 90.4 Å². The molecule has 0 fully saturated rings. The molecule has 1 unspecified atom stereocenters. The molecule has 26 heavy (non-hydrogen) atoms. The highest BCUT2D eigenvalue weighted by Crippen LogP contribution is 2.34. The van der Waals surface area contributed by atoms with Crippen LogP contribution in [0.3, 0.4) is 0 Å². The Balaban J connectivity index is 1.84. The van der Waals surface area contributed by atoms with E-state index in [4.69, 9.17) is 15.6 Å². The van der Waals surface area contributed by atoms with Gasteiger partial charge in [-0.3, -0.25) is 0 Å². The van der Waals surface area contributed by atoms with Crippen LogP contribution in [0, 0.1) is 0 Å². The lowest BCUT2D eigenvalue weighted by Crippen LogP contribution is -2.01. The van der Waals surface area contributed by atoms with Crippen LogP contribution in [0.2, 0.25) is 0 Å². The second kappa shape index (κ2) is 7.74. The van der Waals surface area contributed by atoms with Crippen LogP contribution >= 0.6 is 11.3 Å². The molecule has 0 spiro atoms. The molecule has 0 saturated carbocycles. The number of nitrogen functional groups attached to an aromatic ring is 1. The lowest BCUT2D eigenvalue weighted by Gasteiger charge is -2.13. The number of hydrogen-bond acceptors (Lipinski definition) is 5. The minimum atomic E-state index is -1.47. The molecule has 134 valence electrons. The van der Waals surface area contributed by atoms with Gasteiger partial charge in [0.15, 0.2) is 0 Å². The number of ether oxygens (including phenoxy) is 1. The third-order valence-electron chi connectivity index (χ3n) is 3.84. The molecule has 0 aliphatic carbocycles. The van der Waals surface area contributed by atoms with Gasteiger partial charge >= 0.3 is 0 Å². The summed E-state index contributed by atoms with van der Waals surface area (Å²) >= 11 is 1.40. The Morgan fingerprint density at radius 1 is 1.15 bits per heavy atom. The summed E-state index contributed by atoms with van der Waals surface area (Å²) in [5, 5.41) is 8.70. The number of thiophene rings is 1. The molecule has 0 bridgehead atoms. The summed E-state index contributed by atoms with van der Waals surface area (Å²) in [6.45, 7) is 4.08. The molecule has 1 atom stereocenters. The van der Waals surface area contributed by atoms with Crippen molar-refractivity contribution in [3.8, 4) is 16.2 Å². The SMILES string of the molecule is C=C(Nc1cc(-c2ccc(S(N)=O)s2)ccc1N)c1ccc(OC)cc1. The first-order valence-corrected chi connectivity index (χ1v) is 9.77. The summed E-state index contributed by atoms with van der Waals surface area (Å²) in [6.07, 6.45) is 0. The molecule has 0 aliphatic heterocycles. The molecule has 1 heterocycles. The maximum Gasteiger partial charge on any atom is 0.132 e. The number of hydrogen-bond donors (Lipinski definition) is 3. The zero-order valence-corrected chi connectivity index (χ0v) is 15.8. The highest BCUT2D eigenvalue weighted by Gasteiger charge is 2.09. The zero-order chi connectivity index (χ0) is 18.7. The average molecular weight is 386 g/mol. The Morgan fingerprint density at radius 3 is 2.50 bits per heavy atom. The first-order valence-electron chi connectivity index (χ1n) is 7.74. The van der Waals surface area contributed by atoms with Crippen molar-refractivity contribution >= 4 is 39.4 Å². The van der Waals surface area contributed by atoms with Gasteiger partial charge in [-0.05, 0) is 59.7 Å². The molecular weight excluding hydrogens is 366 g/mol. The van der Waals surface area contributed by atoms with E-state index in [1.165, 1.54) is 11.3 Å². The molecule has 7 heteroatoms. The van der Waals surface area contributed by atoms with Gasteiger partial charge in [0.05, 0.1) is 18.5 Å². The number of anilines is 2. The van der Waals surface area contributed by atoms with E-state index in [0.29, 0.717) is 9.90 Å². The van der Waals surface area contributed by atoms with Crippen molar-refractivity contribution in [2.24, 2.45) is 5.14 Å². The Morgan fingerprint density at radius 2 is 1.88 bits per heavy atom. The van der Waals surface area contributed by atoms with Crippen LogP contribution in [0.5, 0.6) is 5.75 Å². The van der Waals surface area contributed by atoms with Crippen LogP contribution < -0.4 is 20.9 Å². The van der Waals surface area contributed by atoms with Crippen LogP contribution in [0.15, 0.2) is 65.4 Å². The average Bonchev–Trinajstić information content (AvgIpc) is 3.14. The van der Waals surface area contributed by atoms with E-state index in [0.717, 1.165) is 33.1 Å². The molecule has 3 rings (SSSR count). The summed E-state index contributed by atoms with van der Waals surface area (Å²) in [5.41, 5.74) is 10.1. The van der Waals surface area contributed by atoms with Gasteiger partial charge in [0.2, 0.25) is 0 Å². The fourth-order valence-electron chi connectivity index (χ4n) is 2.43. The fraction of sp³-hybridized carbons (Fsp3) is 0.0526. The predicted octanol–water partition coefficient (Wildman–Crippen LogP) is 4.07. The quantitative estimate of drug-likeness (QED) is 0.558. The lowest BCUT2D eigenvalue weighted by molar-refractivity contribution is 0.415. The van der Waals surface area contributed by atoms with E-state index >= 15 is 0 Å². The second-order valence-electron chi connectivity index (χ2n) is 5.55. The van der Waals surface area contributed by atoms with Crippen LogP contribution in [-0.2, 0) is 11.0 Å². The molecule has 5 N–H and O–H groups in total. The number of nitrogens with one attached hydrogen (secondary N) is 1. The summed E-state index contributed by atoms with van der Waals surface area (Å²) in [5.74, 6) is 0.786. The molecule has 0 amide bonds. The molecule has 5 nitrogen and oxygen atoms in total. The van der Waals surface area contributed by atoms with E-state index < -0.39 is 11.0 Å². The Labute approximate surface area is 158 Å². The minimum Gasteiger partial charge on any atom is -0.497 e. The normalized spacial score (nSPS) is 11.8. The predicted molar refractivity (Wildman–Crippen MR) is 110 cm³/mol. The van der Waals surface area contributed by atoms with E-state index in [2.05, 4.69) is 11.9 Å². The van der Waals surface area contributed by atoms with Crippen molar-refractivity contribution in [3.63, 3.8) is 0 Å². The highest BCUT2D eigenvalue weighted by atomic mass is 32.2. The van der Waals surface area contributed by atoms with E-state index in [1.807, 2.05) is 48.5 Å². The number of methoxy groups -OCH3 is 1. The first kappa shape index (κ1) is 18.2. The van der Waals surface area contributed by atoms with Crippen LogP contribution in [0.4, 0.5) is 11.4 Å². The van der Waals surface area contributed by atoms with Gasteiger partial charge in [-0.1, -0.05) is 12.6 Å². The van der Waals surface area contributed by atoms with E-state index in [-0.39, 0.29) is 0 Å². The van der Waals surface area contributed by atoms with Gasteiger partial charge < -0.3 is 15.8 Å². The van der Waals surface area contributed by atoms with Crippen molar-refractivity contribution in [1.82, 2.24) is 0 Å². The Bertz CT molecular complexity index is 965. The van der Waals surface area contributed by atoms with Gasteiger partial charge in [0.25, 0.3) is 0 Å². The smallest absolute Gasteiger partial charge is 0.132 e. The molecule has 0 saturated heterocycles. The molecule has 2 aromatic carbocycles. The molecule has 3 aromatic rings. The lowest BCUT2D eigenvalue weighted by atomic mass is 10.1. The van der Waals surface area contributed by atoms with Gasteiger partial charge in [-0.15, -0.1) is 11.3 Å². The minimum absolute atomic E-state index is 0.614. The Hall–Kier alpha value is -2.61. The molecular formula is C19H19N3O2S2. The van der Waals surface area contributed by atoms with E-state index in [1.54, 1.807) is 13.2 Å². The van der Waals surface area contributed by atoms with E-state index in [9.17, 15) is 4.21 Å². The first-order chi connectivity index (χ1) is 12.5. The largest absolute Gasteiger partial charge is 0.497 e. The van der Waals surface area contributed by atoms with Gasteiger partial charge in [-0.2, -0.15) is 0 Å². The number of rotatable bonds is 6. The van der Waals surface area contributed by atoms with Gasteiger partial charge in [-0.25, -0.2) is 9.35 Å². The summed E-state index contributed by atoms with van der Waals surface area (Å²) < 4.78 is 17.2. The maximum atomic E-state index is 11.4. The Kier molecular flexibility index (Phi) is 5.41. The standard InChI is InChI=1S/C19H19N3O2S2/c1-12(13-3-6-15(24-2)7-4-13)22-17-11-14(5-8-16(17)20)18-9-10-19(25-18)26(21)23/h3-11,22H,1,20-21H2,2H3. The number of nitrogens with two attached hydrogens (primary N) is 2. The fourth-order valence-corrected chi connectivity index (χ4v) is 3.96. The highest BCUT2D eigenvalue weighted by molar-refractivity contribution is 7.85. The maximum absolute atomic E-state index is 11.4. The molecule has 0 radical (unpaired) electrons. The summed E-state index contributed by atoms with van der Waals surface area (Å²) in [7, 11) is 0.155. The van der Waals surface area contributed by atoms with Crippen molar-refractivity contribution in [1.29, 1.82) is 0 Å². The number of benzene rings is 2. The van der Waals surface area contributed by atoms with Crippen LogP contribution in [0.1, 0.15) is 5.56 Å². The third kappa shape index (κ3) is 3.96. The van der Waals surface area contributed by atoms with Crippen LogP contribution in [0.25, 0.3) is 16.1 Å². The van der Waals surface area contributed by atoms with Crippen LogP contribution in [-0.4, -0.2) is 11.3 Å². The molecule has 1 aromatic heterocycles. The van der Waals surface area contributed by atoms with Gasteiger partial charge in [0.1, 0.15) is 20.9 Å². The second-order valence-corrected chi connectivity index (χ2v) is 7.93. The zero-order valence-electron chi connectivity index (χ0n) is 14.2. The third-order valence-corrected chi connectivity index (χ3v) is 6.05. The van der Waals surface area contributed by atoms with Crippen molar-refractivity contribution in [3.05, 3.63) is 66.7 Å². The van der Waals surface area contributed by atoms with Crippen molar-refractivity contribution < 1.29 is 8.95 Å². The van der Waals surface area contributed by atoms with Crippen molar-refractivity contribution in [2.75, 3.05) is 18.2 Å². The molecule has 0 aliphatic rings. The van der Waals surface area contributed by atoms with Crippen molar-refractivity contribution in [2.45, 2.75) is 4.21 Å². The summed E-state index contributed by atoms with van der Waals surface area (Å²) in [4.78, 5) is 0.969. The summed E-state index contributed by atoms with van der Waals surface area (Å²) in [6, 6.07) is 17.0.